The van der Waals surface area contributed by atoms with Crippen LogP contribution in [-0.4, -0.2) is 87.6 Å². The molecule has 10 nitrogen and oxygen atoms in total. The van der Waals surface area contributed by atoms with Gasteiger partial charge in [-0.2, -0.15) is 0 Å². The number of aliphatic hydroxyl groups is 6. The summed E-state index contributed by atoms with van der Waals surface area (Å²) >= 11 is 0. The Kier molecular flexibility index (Phi) is 4.06. The summed E-state index contributed by atoms with van der Waals surface area (Å²) in [6, 6.07) is 3.06. The summed E-state index contributed by atoms with van der Waals surface area (Å²) in [6.07, 6.45) is -1.63. The van der Waals surface area contributed by atoms with Crippen LogP contribution in [0.25, 0.3) is 0 Å². The number of carbonyl (C=O) groups is 1. The molecule has 4 aliphatic carbocycles. The molecule has 6 fully saturated rings. The van der Waals surface area contributed by atoms with Crippen LogP contribution in [0.2, 0.25) is 0 Å². The number of aliphatic hydroxyl groups excluding tert-OH is 1. The van der Waals surface area contributed by atoms with Crippen molar-refractivity contribution >= 4 is 5.97 Å². The third-order valence-corrected chi connectivity index (χ3v) is 11.3. The Labute approximate surface area is 202 Å². The largest absolute Gasteiger partial charge is 0.451 e. The molecule has 3 heterocycles. The smallest absolute Gasteiger partial charge is 0.355 e. The van der Waals surface area contributed by atoms with Crippen LogP contribution in [0.5, 0.6) is 0 Å². The summed E-state index contributed by atoms with van der Waals surface area (Å²) < 4.78 is 12.1. The number of H-pyrrole nitrogens is 1. The summed E-state index contributed by atoms with van der Waals surface area (Å²) in [6.45, 7) is 7.91. The maximum atomic E-state index is 13.2. The fourth-order valence-corrected chi connectivity index (χ4v) is 9.56. The topological polar surface area (TPSA) is 173 Å². The zero-order valence-electron chi connectivity index (χ0n) is 20.6. The highest BCUT2D eigenvalue weighted by Crippen LogP contribution is 2.90. The van der Waals surface area contributed by atoms with Gasteiger partial charge in [0.25, 0.3) is 0 Å². The van der Waals surface area contributed by atoms with E-state index in [1.165, 1.54) is 26.1 Å². The highest BCUT2D eigenvalue weighted by Gasteiger charge is 3.10. The van der Waals surface area contributed by atoms with Crippen LogP contribution in [0.4, 0.5) is 0 Å². The van der Waals surface area contributed by atoms with Crippen LogP contribution in [0, 0.1) is 22.7 Å². The normalized spacial score (nSPS) is 59.8. The van der Waals surface area contributed by atoms with E-state index in [0.29, 0.717) is 6.42 Å². The lowest BCUT2D eigenvalue weighted by molar-refractivity contribution is -0.390. The van der Waals surface area contributed by atoms with Crippen molar-refractivity contribution in [1.82, 2.24) is 4.98 Å². The fraction of sp³-hybridized carbons (Fsp3) is 0.800. The lowest BCUT2D eigenvalue weighted by atomic mass is 9.52. The van der Waals surface area contributed by atoms with E-state index in [-0.39, 0.29) is 18.5 Å². The van der Waals surface area contributed by atoms with Crippen molar-refractivity contribution in [2.45, 2.75) is 99.9 Å². The van der Waals surface area contributed by atoms with E-state index >= 15 is 0 Å². The molecule has 11 atom stereocenters. The van der Waals surface area contributed by atoms with Gasteiger partial charge in [-0.25, -0.2) is 4.79 Å². The first kappa shape index (κ1) is 23.8. The highest BCUT2D eigenvalue weighted by molar-refractivity contribution is 5.87. The SMILES string of the molecule is CC(C)[C@@]1(O)[C@H](OC(=O)c2ccc[nH]2)[C@@]2(O)[C@@]3(C)C[C@]4(O)O[C@@]5([C@H](O)[C@@H](C)CC[C@]35O)[C@@]2(O)[C@@]14C. The minimum Gasteiger partial charge on any atom is -0.451 e. The molecule has 7 rings (SSSR count). The van der Waals surface area contributed by atoms with Crippen LogP contribution >= 0.6 is 0 Å². The van der Waals surface area contributed by atoms with E-state index in [1.807, 2.05) is 0 Å². The van der Waals surface area contributed by atoms with Gasteiger partial charge in [-0.05, 0) is 43.7 Å². The van der Waals surface area contributed by atoms with E-state index in [9.17, 15) is 35.4 Å². The Hall–Kier alpha value is -1.53. The first-order valence-electron chi connectivity index (χ1n) is 12.4. The highest BCUT2D eigenvalue weighted by atomic mass is 16.7. The van der Waals surface area contributed by atoms with Gasteiger partial charge in [0.05, 0.1) is 11.5 Å². The fourth-order valence-electron chi connectivity index (χ4n) is 9.56. The molecule has 1 spiro atoms. The molecule has 2 saturated heterocycles. The minimum absolute atomic E-state index is 0.0654. The Morgan fingerprint density at radius 3 is 2.43 bits per heavy atom. The van der Waals surface area contributed by atoms with Gasteiger partial charge in [0, 0.05) is 18.0 Å². The van der Waals surface area contributed by atoms with Gasteiger partial charge in [0.15, 0.2) is 17.5 Å². The van der Waals surface area contributed by atoms with Crippen LogP contribution in [0.1, 0.15) is 64.4 Å². The van der Waals surface area contributed by atoms with Crippen molar-refractivity contribution in [2.75, 3.05) is 0 Å². The number of hydrogen-bond donors (Lipinski definition) is 7. The second kappa shape index (κ2) is 5.96. The lowest BCUT2D eigenvalue weighted by Crippen LogP contribution is -2.75. The monoisotopic (exact) mass is 493 g/mol. The first-order chi connectivity index (χ1) is 16.0. The number of hydrogen-bond acceptors (Lipinski definition) is 9. The van der Waals surface area contributed by atoms with Crippen LogP contribution < -0.4 is 0 Å². The van der Waals surface area contributed by atoms with Crippen molar-refractivity contribution < 1.29 is 44.9 Å². The van der Waals surface area contributed by atoms with Crippen molar-refractivity contribution in [3.63, 3.8) is 0 Å². The quantitative estimate of drug-likeness (QED) is 0.282. The molecule has 35 heavy (non-hydrogen) atoms. The molecule has 194 valence electrons. The predicted molar refractivity (Wildman–Crippen MR) is 119 cm³/mol. The third kappa shape index (κ3) is 1.74. The number of carbonyl (C=O) groups excluding carboxylic acids is 1. The molecule has 6 bridgehead atoms. The molecule has 1 aromatic rings. The van der Waals surface area contributed by atoms with Crippen molar-refractivity contribution in [3.8, 4) is 0 Å². The summed E-state index contributed by atoms with van der Waals surface area (Å²) in [5.74, 6) is -4.34. The Morgan fingerprint density at radius 1 is 1.20 bits per heavy atom. The molecule has 7 N–H and O–H groups in total. The van der Waals surface area contributed by atoms with Gasteiger partial charge >= 0.3 is 5.97 Å². The number of aromatic nitrogens is 1. The van der Waals surface area contributed by atoms with Gasteiger partial charge in [0.1, 0.15) is 28.1 Å². The van der Waals surface area contributed by atoms with E-state index in [1.54, 1.807) is 26.8 Å². The van der Waals surface area contributed by atoms with Gasteiger partial charge in [0.2, 0.25) is 0 Å². The third-order valence-electron chi connectivity index (χ3n) is 11.3. The van der Waals surface area contributed by atoms with E-state index in [0.717, 1.165) is 0 Å². The molecule has 2 aliphatic heterocycles. The minimum atomic E-state index is -2.59. The number of rotatable bonds is 3. The summed E-state index contributed by atoms with van der Waals surface area (Å²) in [7, 11) is 0. The number of aromatic amines is 1. The second-order valence-corrected chi connectivity index (χ2v) is 12.4. The number of nitrogens with one attached hydrogen (secondary N) is 1. The molecule has 0 aromatic carbocycles. The predicted octanol–water partition coefficient (Wildman–Crippen LogP) is -0.188. The molecule has 0 amide bonds. The molecular formula is C25H35NO9. The van der Waals surface area contributed by atoms with Crippen LogP contribution in [0.3, 0.4) is 0 Å². The Balaban J connectivity index is 1.69. The van der Waals surface area contributed by atoms with E-state index in [4.69, 9.17) is 9.47 Å². The van der Waals surface area contributed by atoms with E-state index < -0.39 is 74.6 Å². The van der Waals surface area contributed by atoms with Gasteiger partial charge in [-0.3, -0.25) is 0 Å². The molecular weight excluding hydrogens is 458 g/mol. The summed E-state index contributed by atoms with van der Waals surface area (Å²) in [5, 5.41) is 73.9. The van der Waals surface area contributed by atoms with Crippen LogP contribution in [-0.2, 0) is 9.47 Å². The van der Waals surface area contributed by atoms with Gasteiger partial charge in [-0.15, -0.1) is 0 Å². The summed E-state index contributed by atoms with van der Waals surface area (Å²) in [4.78, 5) is 15.9. The second-order valence-electron chi connectivity index (χ2n) is 12.4. The van der Waals surface area contributed by atoms with Gasteiger partial charge < -0.3 is 45.1 Å². The van der Waals surface area contributed by atoms with E-state index in [2.05, 4.69) is 4.98 Å². The molecule has 1 aromatic heterocycles. The van der Waals surface area contributed by atoms with Gasteiger partial charge in [-0.1, -0.05) is 27.7 Å². The molecule has 0 unspecified atom stereocenters. The Bertz CT molecular complexity index is 1130. The van der Waals surface area contributed by atoms with Crippen molar-refractivity contribution in [3.05, 3.63) is 24.0 Å². The zero-order valence-corrected chi connectivity index (χ0v) is 20.6. The molecule has 0 radical (unpaired) electrons. The maximum Gasteiger partial charge on any atom is 0.355 e. The zero-order chi connectivity index (χ0) is 25.8. The molecule has 4 saturated carbocycles. The van der Waals surface area contributed by atoms with Crippen LogP contribution in [0.15, 0.2) is 18.3 Å². The Morgan fingerprint density at radius 2 is 1.86 bits per heavy atom. The number of esters is 1. The van der Waals surface area contributed by atoms with Crippen molar-refractivity contribution in [2.24, 2.45) is 22.7 Å². The average molecular weight is 494 g/mol. The summed E-state index contributed by atoms with van der Waals surface area (Å²) in [5.41, 5.74) is -15.2. The lowest BCUT2D eigenvalue weighted by Gasteiger charge is -2.60. The standard InChI is InChI=1S/C25H35NO9/c1-12(2)22(31)17(34-16(28)14-7-6-10-26-14)23(32)18(4)11-21(30)19(22,5)25(23,33)24(35-21)15(27)13(3)8-9-20(18,24)29/h6-7,10,12-13,15,17,26-27,29-33H,8-9,11H2,1-5H3/t13-,15+,17-,18-,19+,20-,21-,22+,23+,24+,25+/m0/s1. The first-order valence-corrected chi connectivity index (χ1v) is 12.4. The molecule has 10 heteroatoms. The number of ether oxygens (including phenoxy) is 2. The molecule has 6 aliphatic rings. The maximum absolute atomic E-state index is 13.2. The van der Waals surface area contributed by atoms with Crippen molar-refractivity contribution in [1.29, 1.82) is 0 Å². The average Bonchev–Trinajstić information content (AvgIpc) is 3.41.